The van der Waals surface area contributed by atoms with Crippen molar-refractivity contribution in [2.75, 3.05) is 18.5 Å². The van der Waals surface area contributed by atoms with E-state index in [0.29, 0.717) is 18.4 Å². The fourth-order valence-corrected chi connectivity index (χ4v) is 2.14. The Kier molecular flexibility index (Phi) is 3.53. The Labute approximate surface area is 120 Å². The molecule has 1 saturated heterocycles. The van der Waals surface area contributed by atoms with Crippen LogP contribution in [0.2, 0.25) is 0 Å². The van der Waals surface area contributed by atoms with E-state index < -0.39 is 5.97 Å². The molecule has 0 amide bonds. The van der Waals surface area contributed by atoms with Gasteiger partial charge in [-0.05, 0) is 13.3 Å². The molecule has 1 atom stereocenters. The molecule has 1 aliphatic heterocycles. The van der Waals surface area contributed by atoms with Crippen molar-refractivity contribution in [2.24, 2.45) is 0 Å². The zero-order valence-corrected chi connectivity index (χ0v) is 11.5. The van der Waals surface area contributed by atoms with Crippen LogP contribution in [-0.2, 0) is 4.74 Å². The SMILES string of the molecule is Cc1cnc(N[C@H]2CCOC2)nc1-n1cnc(C(=O)O)c1. The summed E-state index contributed by atoms with van der Waals surface area (Å²) in [7, 11) is 0. The highest BCUT2D eigenvalue weighted by Crippen LogP contribution is 2.15. The smallest absolute Gasteiger partial charge is 0.356 e. The minimum Gasteiger partial charge on any atom is -0.476 e. The first-order valence-corrected chi connectivity index (χ1v) is 6.59. The summed E-state index contributed by atoms with van der Waals surface area (Å²) in [6.07, 6.45) is 5.48. The number of carbonyl (C=O) groups is 1. The van der Waals surface area contributed by atoms with Crippen molar-refractivity contribution in [2.45, 2.75) is 19.4 Å². The predicted octanol–water partition coefficient (Wildman–Crippen LogP) is 0.870. The van der Waals surface area contributed by atoms with Crippen LogP contribution in [-0.4, -0.2) is 49.9 Å². The summed E-state index contributed by atoms with van der Waals surface area (Å²) >= 11 is 0. The fourth-order valence-electron chi connectivity index (χ4n) is 2.14. The number of anilines is 1. The van der Waals surface area contributed by atoms with E-state index in [2.05, 4.69) is 20.3 Å². The summed E-state index contributed by atoms with van der Waals surface area (Å²) in [5.74, 6) is 0.0324. The van der Waals surface area contributed by atoms with E-state index in [4.69, 9.17) is 9.84 Å². The predicted molar refractivity (Wildman–Crippen MR) is 73.7 cm³/mol. The van der Waals surface area contributed by atoms with Gasteiger partial charge in [-0.15, -0.1) is 0 Å². The van der Waals surface area contributed by atoms with Crippen LogP contribution in [0.5, 0.6) is 0 Å². The lowest BCUT2D eigenvalue weighted by Crippen LogP contribution is -2.21. The van der Waals surface area contributed by atoms with Gasteiger partial charge in [-0.1, -0.05) is 0 Å². The molecule has 2 aromatic rings. The third-order valence-corrected chi connectivity index (χ3v) is 3.25. The van der Waals surface area contributed by atoms with Crippen LogP contribution in [0.4, 0.5) is 5.95 Å². The Balaban J connectivity index is 1.87. The summed E-state index contributed by atoms with van der Waals surface area (Å²) in [5.41, 5.74) is 0.810. The Morgan fingerprint density at radius 2 is 2.38 bits per heavy atom. The number of carboxylic acid groups (broad SMARTS) is 1. The Morgan fingerprint density at radius 1 is 1.52 bits per heavy atom. The van der Waals surface area contributed by atoms with Gasteiger partial charge in [0, 0.05) is 24.6 Å². The van der Waals surface area contributed by atoms with Gasteiger partial charge in [0.15, 0.2) is 5.69 Å². The van der Waals surface area contributed by atoms with E-state index in [1.165, 1.54) is 12.5 Å². The fraction of sp³-hybridized carbons (Fsp3) is 0.385. The summed E-state index contributed by atoms with van der Waals surface area (Å²) in [6, 6.07) is 0.206. The second kappa shape index (κ2) is 5.49. The van der Waals surface area contributed by atoms with Crippen LogP contribution >= 0.6 is 0 Å². The number of rotatable bonds is 4. The molecule has 1 fully saturated rings. The Hall–Kier alpha value is -2.48. The number of aryl methyl sites for hydroxylation is 1. The standard InChI is InChI=1S/C13H15N5O3/c1-8-4-14-13(16-9-2-3-21-6-9)17-11(8)18-5-10(12(19)20)15-7-18/h4-5,7,9H,2-3,6H2,1H3,(H,19,20)(H,14,16,17)/t9-/m0/s1. The maximum Gasteiger partial charge on any atom is 0.356 e. The molecule has 3 heterocycles. The van der Waals surface area contributed by atoms with Crippen LogP contribution in [0.1, 0.15) is 22.5 Å². The molecular weight excluding hydrogens is 274 g/mol. The molecule has 1 aliphatic rings. The van der Waals surface area contributed by atoms with Gasteiger partial charge in [0.25, 0.3) is 0 Å². The van der Waals surface area contributed by atoms with Crippen molar-refractivity contribution in [1.29, 1.82) is 0 Å². The van der Waals surface area contributed by atoms with Gasteiger partial charge in [-0.3, -0.25) is 4.57 Å². The second-order valence-electron chi connectivity index (χ2n) is 4.88. The topological polar surface area (TPSA) is 102 Å². The summed E-state index contributed by atoms with van der Waals surface area (Å²) in [5, 5.41) is 12.1. The number of carboxylic acids is 1. The molecule has 0 bridgehead atoms. The van der Waals surface area contributed by atoms with Crippen LogP contribution in [0.15, 0.2) is 18.7 Å². The average Bonchev–Trinajstić information content (AvgIpc) is 3.12. The van der Waals surface area contributed by atoms with Gasteiger partial charge in [0.05, 0.1) is 12.6 Å². The van der Waals surface area contributed by atoms with Crippen molar-refractivity contribution >= 4 is 11.9 Å². The molecule has 2 aromatic heterocycles. The first kappa shape index (κ1) is 13.5. The molecule has 0 unspecified atom stereocenters. The molecule has 0 spiro atoms. The molecule has 0 aliphatic carbocycles. The van der Waals surface area contributed by atoms with Crippen molar-refractivity contribution in [3.8, 4) is 5.82 Å². The highest BCUT2D eigenvalue weighted by Gasteiger charge is 2.17. The van der Waals surface area contributed by atoms with Crippen LogP contribution in [0.3, 0.4) is 0 Å². The number of imidazole rings is 1. The van der Waals surface area contributed by atoms with Crippen molar-refractivity contribution < 1.29 is 14.6 Å². The molecular formula is C13H15N5O3. The van der Waals surface area contributed by atoms with Gasteiger partial charge < -0.3 is 15.2 Å². The number of nitrogens with zero attached hydrogens (tertiary/aromatic N) is 4. The summed E-state index contributed by atoms with van der Waals surface area (Å²) < 4.78 is 6.88. The van der Waals surface area contributed by atoms with E-state index in [1.54, 1.807) is 10.8 Å². The maximum absolute atomic E-state index is 10.9. The van der Waals surface area contributed by atoms with Crippen LogP contribution in [0, 0.1) is 6.92 Å². The van der Waals surface area contributed by atoms with Crippen molar-refractivity contribution in [3.63, 3.8) is 0 Å². The number of hydrogen-bond acceptors (Lipinski definition) is 6. The number of aromatic nitrogens is 4. The molecule has 110 valence electrons. The maximum atomic E-state index is 10.9. The summed E-state index contributed by atoms with van der Waals surface area (Å²) in [4.78, 5) is 23.4. The first-order valence-electron chi connectivity index (χ1n) is 6.59. The van der Waals surface area contributed by atoms with E-state index in [1.807, 2.05) is 6.92 Å². The van der Waals surface area contributed by atoms with Gasteiger partial charge in [-0.2, -0.15) is 4.98 Å². The molecule has 0 radical (unpaired) electrons. The number of hydrogen-bond donors (Lipinski definition) is 2. The third kappa shape index (κ3) is 2.84. The van der Waals surface area contributed by atoms with E-state index in [-0.39, 0.29) is 11.7 Å². The Morgan fingerprint density at radius 3 is 3.05 bits per heavy atom. The number of ether oxygens (including phenoxy) is 1. The lowest BCUT2D eigenvalue weighted by atomic mass is 10.3. The zero-order chi connectivity index (χ0) is 14.8. The number of aromatic carboxylic acids is 1. The van der Waals surface area contributed by atoms with Gasteiger partial charge in [0.2, 0.25) is 5.95 Å². The average molecular weight is 289 g/mol. The van der Waals surface area contributed by atoms with E-state index in [9.17, 15) is 4.79 Å². The van der Waals surface area contributed by atoms with Crippen molar-refractivity contribution in [1.82, 2.24) is 19.5 Å². The molecule has 8 heteroatoms. The van der Waals surface area contributed by atoms with Gasteiger partial charge in [0.1, 0.15) is 12.1 Å². The monoisotopic (exact) mass is 289 g/mol. The first-order chi connectivity index (χ1) is 10.1. The lowest BCUT2D eigenvalue weighted by Gasteiger charge is -2.12. The van der Waals surface area contributed by atoms with Crippen molar-refractivity contribution in [3.05, 3.63) is 30.0 Å². The Bertz CT molecular complexity index is 664. The third-order valence-electron chi connectivity index (χ3n) is 3.25. The molecule has 0 aromatic carbocycles. The second-order valence-corrected chi connectivity index (χ2v) is 4.88. The molecule has 0 saturated carbocycles. The highest BCUT2D eigenvalue weighted by atomic mass is 16.5. The minimum atomic E-state index is -1.07. The zero-order valence-electron chi connectivity index (χ0n) is 11.5. The van der Waals surface area contributed by atoms with Crippen LogP contribution < -0.4 is 5.32 Å². The summed E-state index contributed by atoms with van der Waals surface area (Å²) in [6.45, 7) is 3.24. The largest absolute Gasteiger partial charge is 0.476 e. The van der Waals surface area contributed by atoms with E-state index >= 15 is 0 Å². The highest BCUT2D eigenvalue weighted by molar-refractivity contribution is 5.85. The molecule has 3 rings (SSSR count). The number of nitrogens with one attached hydrogen (secondary N) is 1. The quantitative estimate of drug-likeness (QED) is 0.860. The van der Waals surface area contributed by atoms with Crippen LogP contribution in [0.25, 0.3) is 5.82 Å². The molecule has 2 N–H and O–H groups in total. The normalized spacial score (nSPS) is 17.9. The van der Waals surface area contributed by atoms with Gasteiger partial charge >= 0.3 is 5.97 Å². The molecule has 8 nitrogen and oxygen atoms in total. The minimum absolute atomic E-state index is 0.0216. The van der Waals surface area contributed by atoms with Gasteiger partial charge in [-0.25, -0.2) is 14.8 Å². The lowest BCUT2D eigenvalue weighted by molar-refractivity contribution is 0.0691. The molecule has 21 heavy (non-hydrogen) atoms. The van der Waals surface area contributed by atoms with E-state index in [0.717, 1.165) is 18.6 Å².